The Bertz CT molecular complexity index is 668. The molecule has 0 spiro atoms. The summed E-state index contributed by atoms with van der Waals surface area (Å²) >= 11 is 0. The summed E-state index contributed by atoms with van der Waals surface area (Å²) in [5.74, 6) is 1.84. The van der Waals surface area contributed by atoms with Gasteiger partial charge in [-0.1, -0.05) is 35.5 Å². The van der Waals surface area contributed by atoms with E-state index in [9.17, 15) is 0 Å². The zero-order chi connectivity index (χ0) is 12.5. The van der Waals surface area contributed by atoms with Gasteiger partial charge in [0.05, 0.1) is 11.1 Å². The van der Waals surface area contributed by atoms with Gasteiger partial charge in [-0.3, -0.25) is 0 Å². The predicted octanol–water partition coefficient (Wildman–Crippen LogP) is 3.49. The SMILES string of the molecule is Cc1cc(-c2onc(N)c2-c2ccccc2)co1. The van der Waals surface area contributed by atoms with Crippen LogP contribution < -0.4 is 5.73 Å². The number of benzene rings is 1. The van der Waals surface area contributed by atoms with Crippen molar-refractivity contribution in [2.24, 2.45) is 0 Å². The molecule has 4 nitrogen and oxygen atoms in total. The van der Waals surface area contributed by atoms with E-state index in [0.29, 0.717) is 11.6 Å². The summed E-state index contributed by atoms with van der Waals surface area (Å²) in [6.45, 7) is 1.88. The third kappa shape index (κ3) is 1.68. The molecule has 3 aromatic rings. The van der Waals surface area contributed by atoms with Crippen LogP contribution in [-0.4, -0.2) is 5.16 Å². The van der Waals surface area contributed by atoms with Crippen LogP contribution in [0.15, 0.2) is 51.6 Å². The van der Waals surface area contributed by atoms with Crippen LogP contribution >= 0.6 is 0 Å². The van der Waals surface area contributed by atoms with Gasteiger partial charge in [0.1, 0.15) is 12.0 Å². The number of furan rings is 1. The highest BCUT2D eigenvalue weighted by molar-refractivity contribution is 5.86. The highest BCUT2D eigenvalue weighted by Gasteiger charge is 2.18. The molecule has 0 aliphatic heterocycles. The first kappa shape index (κ1) is 10.7. The van der Waals surface area contributed by atoms with Gasteiger partial charge in [0.25, 0.3) is 0 Å². The predicted molar refractivity (Wildman–Crippen MR) is 68.8 cm³/mol. The number of nitrogen functional groups attached to an aromatic ring is 1. The van der Waals surface area contributed by atoms with Crippen LogP contribution in [0.25, 0.3) is 22.5 Å². The maximum Gasteiger partial charge on any atom is 0.180 e. The summed E-state index contributed by atoms with van der Waals surface area (Å²) in [4.78, 5) is 0. The molecule has 0 unspecified atom stereocenters. The van der Waals surface area contributed by atoms with E-state index in [0.717, 1.165) is 22.5 Å². The van der Waals surface area contributed by atoms with Crippen LogP contribution in [0.3, 0.4) is 0 Å². The first-order valence-corrected chi connectivity index (χ1v) is 5.62. The molecule has 0 bridgehead atoms. The minimum atomic E-state index is 0.384. The van der Waals surface area contributed by atoms with Crippen LogP contribution in [0.1, 0.15) is 5.76 Å². The third-order valence-electron chi connectivity index (χ3n) is 2.77. The molecule has 0 fully saturated rings. The highest BCUT2D eigenvalue weighted by Crippen LogP contribution is 2.36. The van der Waals surface area contributed by atoms with Crippen LogP contribution in [0.4, 0.5) is 5.82 Å². The number of aryl methyl sites for hydroxylation is 1. The molecule has 0 atom stereocenters. The maximum absolute atomic E-state index is 5.88. The van der Waals surface area contributed by atoms with Crippen LogP contribution in [0, 0.1) is 6.92 Å². The molecule has 2 heterocycles. The lowest BCUT2D eigenvalue weighted by Crippen LogP contribution is -1.88. The summed E-state index contributed by atoms with van der Waals surface area (Å²) < 4.78 is 10.6. The van der Waals surface area contributed by atoms with Crippen molar-refractivity contribution in [1.29, 1.82) is 0 Å². The van der Waals surface area contributed by atoms with E-state index in [1.807, 2.05) is 43.3 Å². The molecule has 0 aliphatic carbocycles. The fraction of sp³-hybridized carbons (Fsp3) is 0.0714. The summed E-state index contributed by atoms with van der Waals surface area (Å²) in [5.41, 5.74) is 8.50. The molecule has 2 aromatic heterocycles. The number of aromatic nitrogens is 1. The van der Waals surface area contributed by atoms with Crippen molar-refractivity contribution in [1.82, 2.24) is 5.16 Å². The Labute approximate surface area is 104 Å². The van der Waals surface area contributed by atoms with E-state index in [-0.39, 0.29) is 0 Å². The lowest BCUT2D eigenvalue weighted by Gasteiger charge is -1.99. The molecule has 4 heteroatoms. The summed E-state index contributed by atoms with van der Waals surface area (Å²) in [6, 6.07) is 11.7. The van der Waals surface area contributed by atoms with Gasteiger partial charge < -0.3 is 14.7 Å². The van der Waals surface area contributed by atoms with Crippen LogP contribution in [-0.2, 0) is 0 Å². The Morgan fingerprint density at radius 1 is 1.11 bits per heavy atom. The van der Waals surface area contributed by atoms with E-state index >= 15 is 0 Å². The van der Waals surface area contributed by atoms with Gasteiger partial charge in [0, 0.05) is 0 Å². The largest absolute Gasteiger partial charge is 0.469 e. The Hall–Kier alpha value is -2.49. The normalized spacial score (nSPS) is 10.7. The minimum Gasteiger partial charge on any atom is -0.469 e. The smallest absolute Gasteiger partial charge is 0.180 e. The van der Waals surface area contributed by atoms with Gasteiger partial charge in [-0.15, -0.1) is 0 Å². The third-order valence-corrected chi connectivity index (χ3v) is 2.77. The Kier molecular flexibility index (Phi) is 2.41. The number of nitrogens with two attached hydrogens (primary N) is 1. The molecule has 2 N–H and O–H groups in total. The van der Waals surface area contributed by atoms with Crippen molar-refractivity contribution >= 4 is 5.82 Å². The Morgan fingerprint density at radius 3 is 2.56 bits per heavy atom. The van der Waals surface area contributed by atoms with Gasteiger partial charge in [-0.2, -0.15) is 0 Å². The fourth-order valence-electron chi connectivity index (χ4n) is 1.95. The number of hydrogen-bond donors (Lipinski definition) is 1. The Balaban J connectivity index is 2.18. The lowest BCUT2D eigenvalue weighted by molar-refractivity contribution is 0.435. The van der Waals surface area contributed by atoms with E-state index < -0.39 is 0 Å². The average molecular weight is 240 g/mol. The van der Waals surface area contributed by atoms with Crippen molar-refractivity contribution < 1.29 is 8.94 Å². The van der Waals surface area contributed by atoms with Crippen molar-refractivity contribution in [3.8, 4) is 22.5 Å². The molecule has 0 aliphatic rings. The second kappa shape index (κ2) is 4.07. The summed E-state index contributed by atoms with van der Waals surface area (Å²) in [7, 11) is 0. The second-order valence-corrected chi connectivity index (χ2v) is 4.08. The Morgan fingerprint density at radius 2 is 1.89 bits per heavy atom. The minimum absolute atomic E-state index is 0.384. The van der Waals surface area contributed by atoms with Crippen LogP contribution in [0.5, 0.6) is 0 Å². The first-order valence-electron chi connectivity index (χ1n) is 5.62. The van der Waals surface area contributed by atoms with Gasteiger partial charge in [0.15, 0.2) is 11.6 Å². The molecule has 3 rings (SSSR count). The van der Waals surface area contributed by atoms with Gasteiger partial charge in [0.2, 0.25) is 0 Å². The molecule has 18 heavy (non-hydrogen) atoms. The van der Waals surface area contributed by atoms with Crippen molar-refractivity contribution in [2.75, 3.05) is 5.73 Å². The average Bonchev–Trinajstić information content (AvgIpc) is 2.96. The van der Waals surface area contributed by atoms with E-state index in [1.54, 1.807) is 6.26 Å². The fourth-order valence-corrected chi connectivity index (χ4v) is 1.95. The first-order chi connectivity index (χ1) is 8.75. The number of anilines is 1. The highest BCUT2D eigenvalue weighted by atomic mass is 16.5. The summed E-state index contributed by atoms with van der Waals surface area (Å²) in [5, 5.41) is 3.84. The van der Waals surface area contributed by atoms with Crippen LogP contribution in [0.2, 0.25) is 0 Å². The number of nitrogens with zero attached hydrogens (tertiary/aromatic N) is 1. The monoisotopic (exact) mass is 240 g/mol. The molecule has 0 amide bonds. The number of hydrogen-bond acceptors (Lipinski definition) is 4. The van der Waals surface area contributed by atoms with E-state index in [1.165, 1.54) is 0 Å². The molecule has 0 radical (unpaired) electrons. The van der Waals surface area contributed by atoms with Gasteiger partial charge >= 0.3 is 0 Å². The molecule has 1 aromatic carbocycles. The molecule has 90 valence electrons. The van der Waals surface area contributed by atoms with Crippen molar-refractivity contribution in [3.05, 3.63) is 48.4 Å². The van der Waals surface area contributed by atoms with Gasteiger partial charge in [-0.05, 0) is 18.6 Å². The number of rotatable bonds is 2. The zero-order valence-corrected chi connectivity index (χ0v) is 9.88. The molecule has 0 saturated carbocycles. The lowest BCUT2D eigenvalue weighted by atomic mass is 10.0. The standard InChI is InChI=1S/C14H12N2O2/c1-9-7-11(8-17-9)13-12(14(15)16-18-13)10-5-3-2-4-6-10/h2-8H,1H3,(H2,15,16). The van der Waals surface area contributed by atoms with Crippen molar-refractivity contribution in [2.45, 2.75) is 6.92 Å². The van der Waals surface area contributed by atoms with Crippen molar-refractivity contribution in [3.63, 3.8) is 0 Å². The maximum atomic E-state index is 5.88. The summed E-state index contributed by atoms with van der Waals surface area (Å²) in [6.07, 6.45) is 1.64. The second-order valence-electron chi connectivity index (χ2n) is 4.08. The van der Waals surface area contributed by atoms with Gasteiger partial charge in [-0.25, -0.2) is 0 Å². The van der Waals surface area contributed by atoms with E-state index in [2.05, 4.69) is 5.16 Å². The topological polar surface area (TPSA) is 65.2 Å². The quantitative estimate of drug-likeness (QED) is 0.744. The zero-order valence-electron chi connectivity index (χ0n) is 9.88. The van der Waals surface area contributed by atoms with E-state index in [4.69, 9.17) is 14.7 Å². The molecule has 0 saturated heterocycles. The molecular weight excluding hydrogens is 228 g/mol. The molecular formula is C14H12N2O2.